The summed E-state index contributed by atoms with van der Waals surface area (Å²) in [4.78, 5) is 17.2. The molecule has 148 valence electrons. The minimum absolute atomic E-state index is 0.0225. The number of rotatable bonds is 5. The van der Waals surface area contributed by atoms with Crippen molar-refractivity contribution in [3.05, 3.63) is 63.7 Å². The monoisotopic (exact) mass is 415 g/mol. The molecule has 0 bridgehead atoms. The number of thiazole rings is 1. The maximum absolute atomic E-state index is 12.8. The molecule has 0 saturated carbocycles. The van der Waals surface area contributed by atoms with E-state index in [1.54, 1.807) is 56.4 Å². The van der Waals surface area contributed by atoms with E-state index in [1.165, 1.54) is 0 Å². The van der Waals surface area contributed by atoms with Gasteiger partial charge in [-0.05, 0) is 56.9 Å². The highest BCUT2D eigenvalue weighted by Gasteiger charge is 2.29. The number of sulfone groups is 1. The summed E-state index contributed by atoms with van der Waals surface area (Å²) in [5.41, 5.74) is 7.32. The van der Waals surface area contributed by atoms with Gasteiger partial charge in [0, 0.05) is 12.0 Å². The van der Waals surface area contributed by atoms with Crippen molar-refractivity contribution in [2.24, 2.45) is 0 Å². The first-order valence-corrected chi connectivity index (χ1v) is 11.7. The van der Waals surface area contributed by atoms with Crippen LogP contribution in [0.25, 0.3) is 10.2 Å². The molecule has 0 atom stereocenters. The molecule has 0 aliphatic rings. The summed E-state index contributed by atoms with van der Waals surface area (Å²) in [6.45, 7) is 9.14. The van der Waals surface area contributed by atoms with Crippen molar-refractivity contribution in [1.29, 1.82) is 0 Å². The highest BCUT2D eigenvalue weighted by Crippen LogP contribution is 2.29. The van der Waals surface area contributed by atoms with Gasteiger partial charge in [0.25, 0.3) is 0 Å². The van der Waals surface area contributed by atoms with Gasteiger partial charge in [-0.25, -0.2) is 13.4 Å². The number of nitrogens with zero attached hydrogens (tertiary/aromatic N) is 1. The van der Waals surface area contributed by atoms with Crippen LogP contribution in [0.2, 0.25) is 0 Å². The third-order valence-electron chi connectivity index (χ3n) is 5.07. The lowest BCUT2D eigenvalue weighted by atomic mass is 9.97. The van der Waals surface area contributed by atoms with E-state index >= 15 is 0 Å². The molecule has 0 aliphatic heterocycles. The zero-order valence-corrected chi connectivity index (χ0v) is 18.5. The number of carbonyl (C=O) groups is 1. The van der Waals surface area contributed by atoms with Gasteiger partial charge >= 0.3 is 0 Å². The van der Waals surface area contributed by atoms with Gasteiger partial charge in [-0.15, -0.1) is 11.3 Å². The van der Waals surface area contributed by atoms with E-state index in [-0.39, 0.29) is 11.5 Å². The van der Waals surface area contributed by atoms with E-state index < -0.39 is 14.6 Å². The number of fused-ring (bicyclic) bond motifs is 1. The predicted octanol–water partition coefficient (Wildman–Crippen LogP) is 5.05. The first kappa shape index (κ1) is 20.7. The van der Waals surface area contributed by atoms with E-state index in [1.807, 2.05) is 25.4 Å². The van der Waals surface area contributed by atoms with E-state index in [0.717, 1.165) is 26.9 Å². The minimum atomic E-state index is -3.25. The third kappa shape index (κ3) is 4.03. The Bertz CT molecular complexity index is 1130. The van der Waals surface area contributed by atoms with Crippen LogP contribution >= 0.6 is 11.3 Å². The normalized spacial score (nSPS) is 12.5. The van der Waals surface area contributed by atoms with Gasteiger partial charge in [-0.2, -0.15) is 0 Å². The molecule has 3 rings (SSSR count). The molecule has 0 unspecified atom stereocenters. The molecule has 4 nitrogen and oxygen atoms in total. The van der Waals surface area contributed by atoms with E-state index in [9.17, 15) is 13.2 Å². The lowest BCUT2D eigenvalue weighted by Crippen LogP contribution is -2.29. The van der Waals surface area contributed by atoms with Crippen molar-refractivity contribution >= 4 is 37.2 Å². The van der Waals surface area contributed by atoms with Crippen LogP contribution in [-0.4, -0.2) is 23.9 Å². The SMILES string of the molecule is Cc1cc(CC(=O)c2ccc(CS(=O)(=O)C(C)(C)C)cc2)c(C)c2scnc12. The Morgan fingerprint density at radius 2 is 1.75 bits per heavy atom. The molecule has 28 heavy (non-hydrogen) atoms. The summed E-state index contributed by atoms with van der Waals surface area (Å²) in [5.74, 6) is 0.00212. The van der Waals surface area contributed by atoms with Crippen molar-refractivity contribution in [1.82, 2.24) is 4.98 Å². The van der Waals surface area contributed by atoms with Crippen LogP contribution in [0.3, 0.4) is 0 Å². The molecule has 0 saturated heterocycles. The quantitative estimate of drug-likeness (QED) is 0.547. The minimum Gasteiger partial charge on any atom is -0.294 e. The first-order chi connectivity index (χ1) is 13.0. The fourth-order valence-corrected chi connectivity index (χ4v) is 5.02. The number of ketones is 1. The standard InChI is InChI=1S/C22H25NO3S2/c1-14-10-18(15(2)21-20(14)23-13-27-21)11-19(24)17-8-6-16(7-9-17)12-28(25,26)22(3,4)5/h6-10,13H,11-12H2,1-5H3. The highest BCUT2D eigenvalue weighted by molar-refractivity contribution is 7.91. The average Bonchev–Trinajstić information content (AvgIpc) is 3.09. The number of hydrogen-bond acceptors (Lipinski definition) is 5. The maximum atomic E-state index is 12.8. The molecule has 1 aromatic heterocycles. The topological polar surface area (TPSA) is 64.1 Å². The van der Waals surface area contributed by atoms with E-state index in [2.05, 4.69) is 4.98 Å². The number of benzene rings is 2. The zero-order valence-electron chi connectivity index (χ0n) is 16.9. The second kappa shape index (κ2) is 7.41. The summed E-state index contributed by atoms with van der Waals surface area (Å²) < 4.78 is 25.1. The Morgan fingerprint density at radius 3 is 2.36 bits per heavy atom. The van der Waals surface area contributed by atoms with Crippen molar-refractivity contribution in [3.8, 4) is 0 Å². The second-order valence-corrected chi connectivity index (χ2v) is 11.8. The van der Waals surface area contributed by atoms with Gasteiger partial charge in [-0.3, -0.25) is 4.79 Å². The summed E-state index contributed by atoms with van der Waals surface area (Å²) in [6, 6.07) is 8.97. The molecule has 0 aliphatic carbocycles. The summed E-state index contributed by atoms with van der Waals surface area (Å²) in [6.07, 6.45) is 0.320. The molecule has 6 heteroatoms. The fourth-order valence-electron chi connectivity index (χ4n) is 3.06. The second-order valence-electron chi connectivity index (χ2n) is 8.18. The fraction of sp³-hybridized carbons (Fsp3) is 0.364. The van der Waals surface area contributed by atoms with Crippen LogP contribution in [0.1, 0.15) is 53.4 Å². The lowest BCUT2D eigenvalue weighted by Gasteiger charge is -2.19. The molecule has 3 aromatic rings. The largest absolute Gasteiger partial charge is 0.294 e. The van der Waals surface area contributed by atoms with Gasteiger partial charge in [0.1, 0.15) is 0 Å². The van der Waals surface area contributed by atoms with Crippen molar-refractivity contribution in [3.63, 3.8) is 0 Å². The Labute approximate surface area is 170 Å². The summed E-state index contributed by atoms with van der Waals surface area (Å²) >= 11 is 1.59. The predicted molar refractivity (Wildman–Crippen MR) is 116 cm³/mol. The number of aryl methyl sites for hydroxylation is 2. The smallest absolute Gasteiger partial charge is 0.167 e. The third-order valence-corrected chi connectivity index (χ3v) is 8.60. The molecule has 1 heterocycles. The van der Waals surface area contributed by atoms with Crippen LogP contribution in [0.15, 0.2) is 35.8 Å². The van der Waals surface area contributed by atoms with Gasteiger partial charge in [0.2, 0.25) is 0 Å². The van der Waals surface area contributed by atoms with Crippen LogP contribution in [0, 0.1) is 13.8 Å². The molecule has 0 N–H and O–H groups in total. The number of carbonyl (C=O) groups excluding carboxylic acids is 1. The average molecular weight is 416 g/mol. The highest BCUT2D eigenvalue weighted by atomic mass is 32.2. The number of Topliss-reactive ketones (excluding diaryl/α,β-unsaturated/α-hetero) is 1. The first-order valence-electron chi connectivity index (χ1n) is 9.16. The summed E-state index contributed by atoms with van der Waals surface area (Å²) in [5, 5.41) is 0. The number of hydrogen-bond donors (Lipinski definition) is 0. The molecule has 0 spiro atoms. The molecular weight excluding hydrogens is 390 g/mol. The molecule has 0 radical (unpaired) electrons. The lowest BCUT2D eigenvalue weighted by molar-refractivity contribution is 0.0993. The van der Waals surface area contributed by atoms with Gasteiger partial charge in [0.05, 0.1) is 26.2 Å². The van der Waals surface area contributed by atoms with Gasteiger partial charge in [0.15, 0.2) is 15.6 Å². The molecule has 0 amide bonds. The zero-order chi connectivity index (χ0) is 20.7. The van der Waals surface area contributed by atoms with Crippen LogP contribution < -0.4 is 0 Å². The Hall–Kier alpha value is -2.05. The number of aromatic nitrogens is 1. The van der Waals surface area contributed by atoms with E-state index in [4.69, 9.17) is 0 Å². The van der Waals surface area contributed by atoms with Crippen LogP contribution in [0.5, 0.6) is 0 Å². The maximum Gasteiger partial charge on any atom is 0.167 e. The Balaban J connectivity index is 1.80. The van der Waals surface area contributed by atoms with Crippen molar-refractivity contribution < 1.29 is 13.2 Å². The Kier molecular flexibility index (Phi) is 5.47. The van der Waals surface area contributed by atoms with Crippen LogP contribution in [0.4, 0.5) is 0 Å². The summed E-state index contributed by atoms with van der Waals surface area (Å²) in [7, 11) is -3.25. The molecule has 0 fully saturated rings. The van der Waals surface area contributed by atoms with E-state index in [0.29, 0.717) is 17.5 Å². The Morgan fingerprint density at radius 1 is 1.11 bits per heavy atom. The molecular formula is C22H25NO3S2. The van der Waals surface area contributed by atoms with Crippen molar-refractivity contribution in [2.45, 2.75) is 51.5 Å². The van der Waals surface area contributed by atoms with Gasteiger partial charge in [-0.1, -0.05) is 30.3 Å². The molecule has 2 aromatic carbocycles. The van der Waals surface area contributed by atoms with Crippen molar-refractivity contribution in [2.75, 3.05) is 0 Å². The van der Waals surface area contributed by atoms with Crippen LogP contribution in [-0.2, 0) is 22.0 Å². The van der Waals surface area contributed by atoms with Gasteiger partial charge < -0.3 is 0 Å².